The molecule has 0 aromatic rings. The van der Waals surface area contributed by atoms with Gasteiger partial charge in [-0.25, -0.2) is 0 Å². The molecule has 0 spiro atoms. The molecular weight excluding hydrogens is 212 g/mol. The average Bonchev–Trinajstić information content (AvgIpc) is 2.32. The molecule has 0 N–H and O–H groups in total. The summed E-state index contributed by atoms with van der Waals surface area (Å²) in [5, 5.41) is 0. The number of cyclic esters (lactones) is 1. The van der Waals surface area contributed by atoms with Crippen molar-refractivity contribution in [2.24, 2.45) is 0 Å². The van der Waals surface area contributed by atoms with Crippen LogP contribution in [0.5, 0.6) is 0 Å². The SMILES string of the molecule is O=C1CCCCCC=CCCCCCCCO1. The Hall–Kier alpha value is -0.790. The molecule has 0 aliphatic carbocycles. The predicted octanol–water partition coefficient (Wildman–Crippen LogP) is 4.39. The van der Waals surface area contributed by atoms with Crippen molar-refractivity contribution >= 4 is 5.97 Å². The van der Waals surface area contributed by atoms with Gasteiger partial charge in [0.15, 0.2) is 0 Å². The van der Waals surface area contributed by atoms with E-state index < -0.39 is 0 Å². The molecule has 0 atom stereocenters. The Morgan fingerprint density at radius 1 is 0.765 bits per heavy atom. The Kier molecular flexibility index (Phi) is 8.71. The summed E-state index contributed by atoms with van der Waals surface area (Å²) in [5.74, 6) is -0.00682. The number of hydrogen-bond donors (Lipinski definition) is 0. The van der Waals surface area contributed by atoms with E-state index in [1.54, 1.807) is 0 Å². The zero-order valence-corrected chi connectivity index (χ0v) is 11.0. The van der Waals surface area contributed by atoms with Crippen molar-refractivity contribution in [3.63, 3.8) is 0 Å². The second kappa shape index (κ2) is 10.4. The van der Waals surface area contributed by atoms with Gasteiger partial charge >= 0.3 is 5.97 Å². The van der Waals surface area contributed by atoms with Gasteiger partial charge in [-0.15, -0.1) is 0 Å². The van der Waals surface area contributed by atoms with Crippen molar-refractivity contribution in [1.29, 1.82) is 0 Å². The van der Waals surface area contributed by atoms with E-state index in [9.17, 15) is 4.79 Å². The van der Waals surface area contributed by atoms with Crippen molar-refractivity contribution in [3.8, 4) is 0 Å². The maximum absolute atomic E-state index is 11.3. The fraction of sp³-hybridized carbons (Fsp3) is 0.800. The first-order valence-corrected chi connectivity index (χ1v) is 7.20. The second-order valence-corrected chi connectivity index (χ2v) is 4.85. The molecule has 1 rings (SSSR count). The van der Waals surface area contributed by atoms with E-state index in [4.69, 9.17) is 4.74 Å². The molecule has 2 nitrogen and oxygen atoms in total. The van der Waals surface area contributed by atoms with Gasteiger partial charge in [-0.3, -0.25) is 4.79 Å². The number of esters is 1. The minimum atomic E-state index is -0.00682. The van der Waals surface area contributed by atoms with Gasteiger partial charge in [0.05, 0.1) is 6.61 Å². The minimum Gasteiger partial charge on any atom is -0.466 e. The molecule has 0 amide bonds. The van der Waals surface area contributed by atoms with Gasteiger partial charge < -0.3 is 4.74 Å². The van der Waals surface area contributed by atoms with Crippen LogP contribution in [0.25, 0.3) is 0 Å². The van der Waals surface area contributed by atoms with Gasteiger partial charge in [0.2, 0.25) is 0 Å². The lowest BCUT2D eigenvalue weighted by Gasteiger charge is -2.05. The van der Waals surface area contributed by atoms with Crippen LogP contribution in [-0.2, 0) is 9.53 Å². The minimum absolute atomic E-state index is 0.00682. The van der Waals surface area contributed by atoms with Crippen LogP contribution in [0.1, 0.15) is 70.6 Å². The summed E-state index contributed by atoms with van der Waals surface area (Å²) in [5.41, 5.74) is 0. The molecule has 0 radical (unpaired) electrons. The first-order chi connectivity index (χ1) is 8.39. The Morgan fingerprint density at radius 2 is 1.35 bits per heavy atom. The van der Waals surface area contributed by atoms with Gasteiger partial charge in [0.25, 0.3) is 0 Å². The van der Waals surface area contributed by atoms with E-state index in [1.165, 1.54) is 38.5 Å². The van der Waals surface area contributed by atoms with Crippen LogP contribution in [0.2, 0.25) is 0 Å². The van der Waals surface area contributed by atoms with E-state index in [0.29, 0.717) is 13.0 Å². The Morgan fingerprint density at radius 3 is 2.12 bits per heavy atom. The molecule has 0 saturated carbocycles. The predicted molar refractivity (Wildman–Crippen MR) is 70.9 cm³/mol. The summed E-state index contributed by atoms with van der Waals surface area (Å²) in [6.45, 7) is 0.624. The fourth-order valence-electron chi connectivity index (χ4n) is 2.10. The Balaban J connectivity index is 2.18. The Labute approximate surface area is 105 Å². The molecule has 0 fully saturated rings. The highest BCUT2D eigenvalue weighted by Crippen LogP contribution is 2.09. The molecule has 1 aliphatic heterocycles. The largest absolute Gasteiger partial charge is 0.466 e. The number of ether oxygens (including phenoxy) is 1. The summed E-state index contributed by atoms with van der Waals surface area (Å²) in [6, 6.07) is 0. The van der Waals surface area contributed by atoms with Crippen molar-refractivity contribution < 1.29 is 9.53 Å². The second-order valence-electron chi connectivity index (χ2n) is 4.85. The summed E-state index contributed by atoms with van der Waals surface area (Å²) < 4.78 is 5.19. The van der Waals surface area contributed by atoms with E-state index >= 15 is 0 Å². The average molecular weight is 238 g/mol. The van der Waals surface area contributed by atoms with Crippen LogP contribution in [-0.4, -0.2) is 12.6 Å². The van der Waals surface area contributed by atoms with Crippen LogP contribution in [0.4, 0.5) is 0 Å². The lowest BCUT2D eigenvalue weighted by atomic mass is 10.1. The van der Waals surface area contributed by atoms with Gasteiger partial charge in [-0.05, 0) is 38.5 Å². The third-order valence-corrected chi connectivity index (χ3v) is 3.20. The highest BCUT2D eigenvalue weighted by molar-refractivity contribution is 5.69. The first-order valence-electron chi connectivity index (χ1n) is 7.20. The van der Waals surface area contributed by atoms with Crippen molar-refractivity contribution in [3.05, 3.63) is 12.2 Å². The van der Waals surface area contributed by atoms with Gasteiger partial charge in [-0.1, -0.05) is 37.8 Å². The topological polar surface area (TPSA) is 26.3 Å². The zero-order chi connectivity index (χ0) is 12.2. The quantitative estimate of drug-likeness (QED) is 0.462. The lowest BCUT2D eigenvalue weighted by Crippen LogP contribution is -2.05. The van der Waals surface area contributed by atoms with Gasteiger partial charge in [0.1, 0.15) is 0 Å². The molecular formula is C15H26O2. The smallest absolute Gasteiger partial charge is 0.305 e. The maximum Gasteiger partial charge on any atom is 0.305 e. The molecule has 2 heteroatoms. The summed E-state index contributed by atoms with van der Waals surface area (Å²) in [4.78, 5) is 11.3. The molecule has 0 bridgehead atoms. The van der Waals surface area contributed by atoms with Crippen LogP contribution < -0.4 is 0 Å². The number of carbonyl (C=O) groups is 1. The van der Waals surface area contributed by atoms with E-state index in [-0.39, 0.29) is 5.97 Å². The van der Waals surface area contributed by atoms with Gasteiger partial charge in [0, 0.05) is 6.42 Å². The van der Waals surface area contributed by atoms with Crippen molar-refractivity contribution in [2.45, 2.75) is 70.6 Å². The number of rotatable bonds is 0. The van der Waals surface area contributed by atoms with Crippen LogP contribution in [0.15, 0.2) is 12.2 Å². The van der Waals surface area contributed by atoms with Crippen LogP contribution in [0.3, 0.4) is 0 Å². The molecule has 0 aromatic carbocycles. The third kappa shape index (κ3) is 8.96. The standard InChI is InChI=1S/C15H26O2/c16-15-13-11-9-7-5-3-1-2-4-6-8-10-12-14-17-15/h1,3H,2,4-14H2. The first kappa shape index (κ1) is 14.3. The van der Waals surface area contributed by atoms with E-state index in [2.05, 4.69) is 12.2 Å². The fourth-order valence-corrected chi connectivity index (χ4v) is 2.10. The van der Waals surface area contributed by atoms with E-state index in [0.717, 1.165) is 25.7 Å². The zero-order valence-electron chi connectivity index (χ0n) is 11.0. The molecule has 0 aromatic heterocycles. The molecule has 1 aliphatic rings. The number of carbonyl (C=O) groups excluding carboxylic acids is 1. The van der Waals surface area contributed by atoms with Gasteiger partial charge in [-0.2, -0.15) is 0 Å². The number of allylic oxidation sites excluding steroid dienone is 2. The number of hydrogen-bond acceptors (Lipinski definition) is 2. The highest BCUT2D eigenvalue weighted by atomic mass is 16.5. The molecule has 0 saturated heterocycles. The van der Waals surface area contributed by atoms with Crippen molar-refractivity contribution in [2.75, 3.05) is 6.61 Å². The maximum atomic E-state index is 11.3. The summed E-state index contributed by atoms with van der Waals surface area (Å²) in [7, 11) is 0. The van der Waals surface area contributed by atoms with Crippen LogP contribution >= 0.6 is 0 Å². The molecule has 0 unspecified atom stereocenters. The van der Waals surface area contributed by atoms with Crippen molar-refractivity contribution in [1.82, 2.24) is 0 Å². The molecule has 98 valence electrons. The Bertz CT molecular complexity index is 221. The molecule has 1 heterocycles. The third-order valence-electron chi connectivity index (χ3n) is 3.20. The molecule has 17 heavy (non-hydrogen) atoms. The monoisotopic (exact) mass is 238 g/mol. The highest BCUT2D eigenvalue weighted by Gasteiger charge is 2.02. The summed E-state index contributed by atoms with van der Waals surface area (Å²) in [6.07, 6.45) is 17.0. The lowest BCUT2D eigenvalue weighted by molar-refractivity contribution is -0.143. The summed E-state index contributed by atoms with van der Waals surface area (Å²) >= 11 is 0. The normalized spacial score (nSPS) is 22.0. The van der Waals surface area contributed by atoms with Crippen LogP contribution in [0, 0.1) is 0 Å². The van der Waals surface area contributed by atoms with E-state index in [1.807, 2.05) is 0 Å².